The summed E-state index contributed by atoms with van der Waals surface area (Å²) in [5.41, 5.74) is -1.86. The van der Waals surface area contributed by atoms with Crippen LogP contribution in [-0.4, -0.2) is 33.3 Å². The van der Waals surface area contributed by atoms with Crippen LogP contribution >= 0.6 is 0 Å². The van der Waals surface area contributed by atoms with Gasteiger partial charge in [-0.3, -0.25) is 9.59 Å². The molecule has 1 heterocycles. The van der Waals surface area contributed by atoms with Crippen LogP contribution in [0.3, 0.4) is 0 Å². The first kappa shape index (κ1) is 18.0. The second kappa shape index (κ2) is 6.15. The summed E-state index contributed by atoms with van der Waals surface area (Å²) in [6.07, 6.45) is -3.19. The zero-order chi connectivity index (χ0) is 19.1. The molecule has 0 atom stereocenters. The predicted molar refractivity (Wildman–Crippen MR) is 84.9 cm³/mol. The van der Waals surface area contributed by atoms with Gasteiger partial charge in [0.05, 0.1) is 22.9 Å². The molecule has 1 saturated carbocycles. The Balaban J connectivity index is 1.91. The summed E-state index contributed by atoms with van der Waals surface area (Å²) in [6.45, 7) is 1.58. The minimum Gasteiger partial charge on any atom is -0.481 e. The van der Waals surface area contributed by atoms with Gasteiger partial charge in [0.1, 0.15) is 0 Å². The smallest absolute Gasteiger partial charge is 0.434 e. The number of carboxylic acids is 1. The third-order valence-electron chi connectivity index (χ3n) is 4.46. The Morgan fingerprint density at radius 3 is 2.38 bits per heavy atom. The van der Waals surface area contributed by atoms with E-state index in [9.17, 15) is 22.8 Å². The molecule has 3 rings (SSSR count). The Kier molecular flexibility index (Phi) is 4.25. The predicted octanol–water partition coefficient (Wildman–Crippen LogP) is 2.79. The molecule has 0 bridgehead atoms. The monoisotopic (exact) mass is 367 g/mol. The molecule has 1 amide bonds. The highest BCUT2D eigenvalue weighted by molar-refractivity contribution is 5.96. The Labute approximate surface area is 146 Å². The second-order valence-electron chi connectivity index (χ2n) is 6.42. The maximum Gasteiger partial charge on any atom is 0.434 e. The molecule has 1 aromatic heterocycles. The highest BCUT2D eigenvalue weighted by Gasteiger charge is 2.50. The van der Waals surface area contributed by atoms with Gasteiger partial charge in [-0.1, -0.05) is 17.7 Å². The minimum absolute atomic E-state index is 0.172. The van der Waals surface area contributed by atoms with Crippen LogP contribution in [0.25, 0.3) is 5.69 Å². The summed E-state index contributed by atoms with van der Waals surface area (Å²) >= 11 is 0. The fraction of sp³-hybridized carbons (Fsp3) is 0.353. The summed E-state index contributed by atoms with van der Waals surface area (Å²) in [6, 6.07) is 6.23. The number of halogens is 3. The molecular formula is C17H16F3N3O3. The van der Waals surface area contributed by atoms with Crippen molar-refractivity contribution >= 4 is 11.9 Å². The third kappa shape index (κ3) is 3.29. The van der Waals surface area contributed by atoms with Crippen molar-refractivity contribution in [1.82, 2.24) is 15.1 Å². The van der Waals surface area contributed by atoms with Crippen LogP contribution in [0.4, 0.5) is 13.2 Å². The molecular weight excluding hydrogens is 351 g/mol. The summed E-state index contributed by atoms with van der Waals surface area (Å²) in [5, 5.41) is 15.1. The number of hydrogen-bond donors (Lipinski definition) is 2. The molecule has 0 unspecified atom stereocenters. The summed E-state index contributed by atoms with van der Waals surface area (Å²) in [4.78, 5) is 23.4. The average molecular weight is 367 g/mol. The summed E-state index contributed by atoms with van der Waals surface area (Å²) < 4.78 is 41.3. The van der Waals surface area contributed by atoms with E-state index in [-0.39, 0.29) is 12.2 Å². The number of alkyl halides is 3. The highest BCUT2D eigenvalue weighted by Crippen LogP contribution is 2.45. The van der Waals surface area contributed by atoms with Gasteiger partial charge in [0.25, 0.3) is 5.91 Å². The number of carbonyl (C=O) groups excluding carboxylic acids is 1. The molecule has 26 heavy (non-hydrogen) atoms. The lowest BCUT2D eigenvalue weighted by atomic mass is 10.1. The van der Waals surface area contributed by atoms with Crippen LogP contribution in [0.15, 0.2) is 30.5 Å². The fourth-order valence-electron chi connectivity index (χ4n) is 2.63. The van der Waals surface area contributed by atoms with Crippen molar-refractivity contribution in [3.05, 3.63) is 47.3 Å². The number of aromatic nitrogens is 2. The number of benzene rings is 1. The van der Waals surface area contributed by atoms with Gasteiger partial charge < -0.3 is 10.4 Å². The molecule has 0 saturated heterocycles. The molecule has 0 radical (unpaired) electrons. The van der Waals surface area contributed by atoms with Gasteiger partial charge in [0.15, 0.2) is 5.69 Å². The van der Waals surface area contributed by atoms with E-state index in [1.54, 1.807) is 19.1 Å². The molecule has 9 heteroatoms. The van der Waals surface area contributed by atoms with E-state index in [4.69, 9.17) is 5.11 Å². The van der Waals surface area contributed by atoms with Crippen molar-refractivity contribution in [3.63, 3.8) is 0 Å². The van der Waals surface area contributed by atoms with Crippen molar-refractivity contribution in [2.24, 2.45) is 5.41 Å². The Bertz CT molecular complexity index is 852. The SMILES string of the molecule is Cc1ccc(-n2ncc(C(=O)NCC3(C(=O)O)CC3)c2C(F)(F)F)cc1. The van der Waals surface area contributed by atoms with E-state index in [0.717, 1.165) is 11.8 Å². The van der Waals surface area contributed by atoms with E-state index in [2.05, 4.69) is 10.4 Å². The minimum atomic E-state index is -4.81. The third-order valence-corrected chi connectivity index (χ3v) is 4.46. The molecule has 1 aliphatic carbocycles. The number of aliphatic carboxylic acids is 1. The first-order valence-corrected chi connectivity index (χ1v) is 7.88. The number of amides is 1. The Hall–Kier alpha value is -2.84. The van der Waals surface area contributed by atoms with Crippen molar-refractivity contribution in [2.75, 3.05) is 6.54 Å². The van der Waals surface area contributed by atoms with Crippen molar-refractivity contribution in [2.45, 2.75) is 25.9 Å². The first-order chi connectivity index (χ1) is 12.1. The van der Waals surface area contributed by atoms with Gasteiger partial charge >= 0.3 is 12.1 Å². The van der Waals surface area contributed by atoms with E-state index in [1.165, 1.54) is 12.1 Å². The number of hydrogen-bond acceptors (Lipinski definition) is 3. The molecule has 1 aliphatic rings. The van der Waals surface area contributed by atoms with Gasteiger partial charge in [0, 0.05) is 6.54 Å². The van der Waals surface area contributed by atoms with Crippen LogP contribution in [0.1, 0.15) is 34.5 Å². The standard InChI is InChI=1S/C17H16F3N3O3/c1-10-2-4-11(5-3-10)23-13(17(18,19)20)12(8-22-23)14(24)21-9-16(6-7-16)15(25)26/h2-5,8H,6-7,9H2,1H3,(H,21,24)(H,25,26). The van der Waals surface area contributed by atoms with Gasteiger partial charge in [-0.25, -0.2) is 4.68 Å². The lowest BCUT2D eigenvalue weighted by molar-refractivity contribution is -0.144. The quantitative estimate of drug-likeness (QED) is 0.851. The average Bonchev–Trinajstić information content (AvgIpc) is 3.22. The molecule has 1 fully saturated rings. The number of nitrogens with zero attached hydrogens (tertiary/aromatic N) is 2. The van der Waals surface area contributed by atoms with E-state index in [1.807, 2.05) is 0 Å². The normalized spacial score (nSPS) is 15.5. The molecule has 0 spiro atoms. The van der Waals surface area contributed by atoms with Crippen LogP contribution < -0.4 is 5.32 Å². The van der Waals surface area contributed by atoms with Gasteiger partial charge in [-0.2, -0.15) is 18.3 Å². The van der Waals surface area contributed by atoms with Crippen molar-refractivity contribution in [3.8, 4) is 5.69 Å². The largest absolute Gasteiger partial charge is 0.481 e. The topological polar surface area (TPSA) is 84.2 Å². The first-order valence-electron chi connectivity index (χ1n) is 7.88. The van der Waals surface area contributed by atoms with Crippen LogP contribution in [-0.2, 0) is 11.0 Å². The zero-order valence-electron chi connectivity index (χ0n) is 13.8. The molecule has 138 valence electrons. The van der Waals surface area contributed by atoms with E-state index in [0.29, 0.717) is 17.5 Å². The summed E-state index contributed by atoms with van der Waals surface area (Å²) in [5.74, 6) is -2.06. The number of carboxylic acid groups (broad SMARTS) is 1. The summed E-state index contributed by atoms with van der Waals surface area (Å²) in [7, 11) is 0. The van der Waals surface area contributed by atoms with Crippen molar-refractivity contribution < 1.29 is 27.9 Å². The lowest BCUT2D eigenvalue weighted by Crippen LogP contribution is -2.35. The van der Waals surface area contributed by atoms with E-state index >= 15 is 0 Å². The maximum absolute atomic E-state index is 13.5. The van der Waals surface area contributed by atoms with E-state index < -0.39 is 34.7 Å². The molecule has 6 nitrogen and oxygen atoms in total. The number of nitrogens with one attached hydrogen (secondary N) is 1. The highest BCUT2D eigenvalue weighted by atomic mass is 19.4. The lowest BCUT2D eigenvalue weighted by Gasteiger charge is -2.14. The Morgan fingerprint density at radius 1 is 1.27 bits per heavy atom. The maximum atomic E-state index is 13.5. The van der Waals surface area contributed by atoms with Gasteiger partial charge in [-0.05, 0) is 31.9 Å². The van der Waals surface area contributed by atoms with Crippen LogP contribution in [0.2, 0.25) is 0 Å². The zero-order valence-corrected chi connectivity index (χ0v) is 13.8. The number of aryl methyl sites for hydroxylation is 1. The molecule has 2 aromatic rings. The van der Waals surface area contributed by atoms with Crippen molar-refractivity contribution in [1.29, 1.82) is 0 Å². The number of rotatable bonds is 5. The molecule has 0 aliphatic heterocycles. The van der Waals surface area contributed by atoms with Crippen LogP contribution in [0.5, 0.6) is 0 Å². The second-order valence-corrected chi connectivity index (χ2v) is 6.42. The Morgan fingerprint density at radius 2 is 1.88 bits per heavy atom. The van der Waals surface area contributed by atoms with Gasteiger partial charge in [0.2, 0.25) is 0 Å². The van der Waals surface area contributed by atoms with Crippen LogP contribution in [0, 0.1) is 12.3 Å². The fourth-order valence-corrected chi connectivity index (χ4v) is 2.63. The molecule has 1 aromatic carbocycles. The van der Waals surface area contributed by atoms with Gasteiger partial charge in [-0.15, -0.1) is 0 Å². The number of carbonyl (C=O) groups is 2. The molecule has 2 N–H and O–H groups in total.